The minimum absolute atomic E-state index is 0.110. The van der Waals surface area contributed by atoms with Crippen molar-refractivity contribution in [1.82, 2.24) is 0 Å². The first-order valence-electron chi connectivity index (χ1n) is 5.98. The van der Waals surface area contributed by atoms with Gasteiger partial charge in [-0.15, -0.1) is 11.8 Å². The maximum atomic E-state index is 12.0. The SMILES string of the molecule is CC(C)CSC(C)C(=O)Nc1c(N)cc(Cl)cc1Cl. The van der Waals surface area contributed by atoms with Crippen LogP contribution in [0.15, 0.2) is 12.1 Å². The van der Waals surface area contributed by atoms with Crippen molar-refractivity contribution in [2.45, 2.75) is 26.0 Å². The predicted octanol–water partition coefficient (Wildman–Crippen LogP) is 4.29. The molecule has 0 spiro atoms. The van der Waals surface area contributed by atoms with Crippen molar-refractivity contribution in [2.75, 3.05) is 16.8 Å². The van der Waals surface area contributed by atoms with Gasteiger partial charge in [0.05, 0.1) is 21.6 Å². The molecule has 1 rings (SSSR count). The third-order valence-electron chi connectivity index (χ3n) is 2.38. The molecule has 3 nitrogen and oxygen atoms in total. The summed E-state index contributed by atoms with van der Waals surface area (Å²) in [5.74, 6) is 1.37. The Hall–Kier alpha value is -0.580. The third-order valence-corrected chi connectivity index (χ3v) is 4.47. The van der Waals surface area contributed by atoms with E-state index < -0.39 is 0 Å². The lowest BCUT2D eigenvalue weighted by molar-refractivity contribution is -0.115. The van der Waals surface area contributed by atoms with Crippen LogP contribution in [0.5, 0.6) is 0 Å². The zero-order valence-electron chi connectivity index (χ0n) is 11.2. The number of benzene rings is 1. The van der Waals surface area contributed by atoms with E-state index in [0.717, 1.165) is 5.75 Å². The van der Waals surface area contributed by atoms with Gasteiger partial charge in [0.25, 0.3) is 0 Å². The molecule has 1 unspecified atom stereocenters. The average Bonchev–Trinajstić information content (AvgIpc) is 2.30. The van der Waals surface area contributed by atoms with E-state index in [4.69, 9.17) is 28.9 Å². The number of carbonyl (C=O) groups is 1. The second-order valence-corrected chi connectivity index (χ2v) is 6.93. The molecule has 19 heavy (non-hydrogen) atoms. The molecule has 0 bridgehead atoms. The van der Waals surface area contributed by atoms with Crippen molar-refractivity contribution in [3.63, 3.8) is 0 Å². The largest absolute Gasteiger partial charge is 0.397 e. The molecule has 0 radical (unpaired) electrons. The van der Waals surface area contributed by atoms with E-state index in [2.05, 4.69) is 19.2 Å². The summed E-state index contributed by atoms with van der Waals surface area (Å²) in [5.41, 5.74) is 6.59. The molecule has 0 fully saturated rings. The molecule has 0 saturated carbocycles. The summed E-state index contributed by atoms with van der Waals surface area (Å²) in [4.78, 5) is 12.0. The molecule has 1 aromatic carbocycles. The van der Waals surface area contributed by atoms with Crippen LogP contribution in [0.3, 0.4) is 0 Å². The van der Waals surface area contributed by atoms with Crippen molar-refractivity contribution in [3.8, 4) is 0 Å². The van der Waals surface area contributed by atoms with E-state index in [1.165, 1.54) is 0 Å². The fourth-order valence-electron chi connectivity index (χ4n) is 1.36. The molecule has 1 aromatic rings. The van der Waals surface area contributed by atoms with Gasteiger partial charge in [-0.25, -0.2) is 0 Å². The number of anilines is 2. The number of hydrogen-bond acceptors (Lipinski definition) is 3. The van der Waals surface area contributed by atoms with Gasteiger partial charge in [0.2, 0.25) is 5.91 Å². The lowest BCUT2D eigenvalue weighted by Crippen LogP contribution is -2.24. The number of halogens is 2. The second kappa shape index (κ2) is 7.27. The molecule has 3 N–H and O–H groups in total. The Morgan fingerprint density at radius 3 is 2.53 bits per heavy atom. The predicted molar refractivity (Wildman–Crippen MR) is 86.3 cm³/mol. The summed E-state index contributed by atoms with van der Waals surface area (Å²) in [6.45, 7) is 6.10. The van der Waals surface area contributed by atoms with Crippen molar-refractivity contribution in [1.29, 1.82) is 0 Å². The third kappa shape index (κ3) is 5.13. The van der Waals surface area contributed by atoms with Gasteiger partial charge in [0.1, 0.15) is 0 Å². The van der Waals surface area contributed by atoms with Crippen molar-refractivity contribution >= 4 is 52.2 Å². The van der Waals surface area contributed by atoms with Crippen molar-refractivity contribution in [3.05, 3.63) is 22.2 Å². The highest BCUT2D eigenvalue weighted by Crippen LogP contribution is 2.32. The van der Waals surface area contributed by atoms with Gasteiger partial charge in [-0.1, -0.05) is 37.0 Å². The number of carbonyl (C=O) groups excluding carboxylic acids is 1. The van der Waals surface area contributed by atoms with Crippen molar-refractivity contribution < 1.29 is 4.79 Å². The first-order valence-corrected chi connectivity index (χ1v) is 7.78. The molecule has 0 aromatic heterocycles. The van der Waals surface area contributed by atoms with Gasteiger partial charge >= 0.3 is 0 Å². The highest BCUT2D eigenvalue weighted by molar-refractivity contribution is 8.00. The van der Waals surface area contributed by atoms with Crippen LogP contribution in [0, 0.1) is 5.92 Å². The smallest absolute Gasteiger partial charge is 0.237 e. The number of rotatable bonds is 5. The standard InChI is InChI=1S/C13H18Cl2N2OS/c1-7(2)6-19-8(3)13(18)17-12-10(15)4-9(14)5-11(12)16/h4-5,7-8H,6,16H2,1-3H3,(H,17,18). The maximum Gasteiger partial charge on any atom is 0.237 e. The van der Waals surface area contributed by atoms with Crippen LogP contribution in [-0.2, 0) is 4.79 Å². The summed E-state index contributed by atoms with van der Waals surface area (Å²) >= 11 is 13.5. The lowest BCUT2D eigenvalue weighted by Gasteiger charge is -2.15. The molecule has 0 heterocycles. The first-order chi connectivity index (χ1) is 8.81. The normalized spacial score (nSPS) is 12.5. The second-order valence-electron chi connectivity index (χ2n) is 4.71. The average molecular weight is 321 g/mol. The zero-order valence-corrected chi connectivity index (χ0v) is 13.5. The van der Waals surface area contributed by atoms with Crippen LogP contribution < -0.4 is 11.1 Å². The molecule has 0 saturated heterocycles. The van der Waals surface area contributed by atoms with Crippen LogP contribution in [0.25, 0.3) is 0 Å². The first kappa shape index (κ1) is 16.5. The van der Waals surface area contributed by atoms with Crippen LogP contribution in [-0.4, -0.2) is 16.9 Å². The van der Waals surface area contributed by atoms with E-state index in [-0.39, 0.29) is 11.2 Å². The molecule has 6 heteroatoms. The Labute approximate surface area is 128 Å². The number of hydrogen-bond donors (Lipinski definition) is 2. The van der Waals surface area contributed by atoms with Crippen LogP contribution in [0.1, 0.15) is 20.8 Å². The Morgan fingerprint density at radius 1 is 1.37 bits per heavy atom. The van der Waals surface area contributed by atoms with E-state index >= 15 is 0 Å². The fourth-order valence-corrected chi connectivity index (χ4v) is 2.80. The number of nitrogens with two attached hydrogens (primary N) is 1. The summed E-state index contributed by atoms with van der Waals surface area (Å²) in [5, 5.41) is 3.39. The van der Waals surface area contributed by atoms with E-state index in [1.54, 1.807) is 23.9 Å². The van der Waals surface area contributed by atoms with Gasteiger partial charge in [0, 0.05) is 5.02 Å². The minimum Gasteiger partial charge on any atom is -0.397 e. The van der Waals surface area contributed by atoms with Crippen LogP contribution >= 0.6 is 35.0 Å². The molecule has 0 aliphatic heterocycles. The fraction of sp³-hybridized carbons (Fsp3) is 0.462. The zero-order chi connectivity index (χ0) is 14.6. The molecular formula is C13H18Cl2N2OS. The quantitative estimate of drug-likeness (QED) is 0.795. The maximum absolute atomic E-state index is 12.0. The van der Waals surface area contributed by atoms with Gasteiger partial charge in [0.15, 0.2) is 0 Å². The lowest BCUT2D eigenvalue weighted by atomic mass is 10.2. The molecular weight excluding hydrogens is 303 g/mol. The Balaban J connectivity index is 2.72. The Bertz CT molecular complexity index is 443. The monoisotopic (exact) mass is 320 g/mol. The van der Waals surface area contributed by atoms with E-state index in [0.29, 0.717) is 27.3 Å². The van der Waals surface area contributed by atoms with Gasteiger partial charge in [-0.05, 0) is 30.7 Å². The highest BCUT2D eigenvalue weighted by atomic mass is 35.5. The number of amides is 1. The summed E-state index contributed by atoms with van der Waals surface area (Å²) < 4.78 is 0. The van der Waals surface area contributed by atoms with E-state index in [9.17, 15) is 4.79 Å². The molecule has 0 aliphatic carbocycles. The Kier molecular flexibility index (Phi) is 6.30. The minimum atomic E-state index is -0.159. The van der Waals surface area contributed by atoms with Gasteiger partial charge < -0.3 is 11.1 Å². The van der Waals surface area contributed by atoms with Gasteiger partial charge in [-0.3, -0.25) is 4.79 Å². The summed E-state index contributed by atoms with van der Waals surface area (Å²) in [6, 6.07) is 3.12. The van der Waals surface area contributed by atoms with Gasteiger partial charge in [-0.2, -0.15) is 0 Å². The molecule has 0 aliphatic rings. The molecule has 106 valence electrons. The van der Waals surface area contributed by atoms with Crippen LogP contribution in [0.2, 0.25) is 10.0 Å². The van der Waals surface area contributed by atoms with E-state index in [1.807, 2.05) is 6.92 Å². The Morgan fingerprint density at radius 2 is 2.00 bits per heavy atom. The highest BCUT2D eigenvalue weighted by Gasteiger charge is 2.17. The number of thioether (sulfide) groups is 1. The number of nitrogen functional groups attached to an aromatic ring is 1. The summed E-state index contributed by atoms with van der Waals surface area (Å²) in [7, 11) is 0. The van der Waals surface area contributed by atoms with Crippen molar-refractivity contribution in [2.24, 2.45) is 5.92 Å². The molecule has 1 amide bonds. The summed E-state index contributed by atoms with van der Waals surface area (Å²) in [6.07, 6.45) is 0. The number of nitrogens with one attached hydrogen (secondary N) is 1. The molecule has 1 atom stereocenters. The van der Waals surface area contributed by atoms with Crippen LogP contribution in [0.4, 0.5) is 11.4 Å². The topological polar surface area (TPSA) is 55.1 Å².